The molecular formula is C29H32BrFN2O5Si. The van der Waals surface area contributed by atoms with Crippen LogP contribution in [-0.4, -0.2) is 43.8 Å². The van der Waals surface area contributed by atoms with Gasteiger partial charge in [-0.1, -0.05) is 35.0 Å². The van der Waals surface area contributed by atoms with Crippen LogP contribution in [0.5, 0.6) is 5.75 Å². The fraction of sp³-hybridized carbons (Fsp3) is 0.379. The number of aliphatic hydroxyl groups excluding tert-OH is 1. The maximum atomic E-state index is 15.7. The zero-order chi connectivity index (χ0) is 28.1. The monoisotopic (exact) mass is 614 g/mol. The van der Waals surface area contributed by atoms with Crippen LogP contribution in [0, 0.1) is 5.92 Å². The molecule has 0 unspecified atom stereocenters. The summed E-state index contributed by atoms with van der Waals surface area (Å²) in [7, 11) is -1.81. The Morgan fingerprint density at radius 3 is 2.62 bits per heavy atom. The molecule has 1 aromatic heterocycles. The van der Waals surface area contributed by atoms with Crippen molar-refractivity contribution < 1.29 is 23.5 Å². The summed E-state index contributed by atoms with van der Waals surface area (Å²) in [5.41, 5.74) is 0.794. The fourth-order valence-electron chi connectivity index (χ4n) is 6.39. The van der Waals surface area contributed by atoms with E-state index in [1.807, 2.05) is 49.4 Å². The number of anilines is 1. The number of nitrogens with zero attached hydrogens (tertiary/aromatic N) is 2. The van der Waals surface area contributed by atoms with E-state index in [4.69, 9.17) is 9.47 Å². The average molecular weight is 616 g/mol. The van der Waals surface area contributed by atoms with Gasteiger partial charge in [-0.2, -0.15) is 0 Å². The Morgan fingerprint density at radius 1 is 1.15 bits per heavy atom. The lowest BCUT2D eigenvalue weighted by Crippen LogP contribution is -2.45. The van der Waals surface area contributed by atoms with E-state index in [1.54, 1.807) is 36.3 Å². The number of ether oxygens (including phenoxy) is 2. The zero-order valence-corrected chi connectivity index (χ0v) is 24.9. The molecule has 1 fully saturated rings. The van der Waals surface area contributed by atoms with Gasteiger partial charge in [0, 0.05) is 40.0 Å². The number of aliphatic hydroxyl groups is 1. The number of pyridine rings is 1. The minimum Gasteiger partial charge on any atom is -0.491 e. The molecule has 0 radical (unpaired) electrons. The number of carbonyl (C=O) groups excluding carboxylic acids is 1. The number of fused-ring (bicyclic) bond motifs is 2. The second-order valence-electron chi connectivity index (χ2n) is 10.8. The van der Waals surface area contributed by atoms with Crippen LogP contribution in [0.25, 0.3) is 5.69 Å². The molecule has 2 aliphatic rings. The van der Waals surface area contributed by atoms with E-state index in [2.05, 4.69) is 15.9 Å². The van der Waals surface area contributed by atoms with E-state index in [-0.39, 0.29) is 36.8 Å². The molecule has 39 heavy (non-hydrogen) atoms. The Bertz CT molecular complexity index is 1470. The molecule has 2 aromatic carbocycles. The molecule has 1 amide bonds. The number of amides is 1. The predicted octanol–water partition coefficient (Wildman–Crippen LogP) is 5.31. The topological polar surface area (TPSA) is 81.0 Å². The van der Waals surface area contributed by atoms with Crippen LogP contribution in [0.4, 0.5) is 9.80 Å². The number of methoxy groups -OCH3 is 1. The molecule has 0 saturated carbocycles. The molecular weight excluding hydrogens is 583 g/mol. The molecule has 10 heteroatoms. The standard InChI is InChI=1S/C29H32BrFN2O5Si/c1-18-26(39(3,4)31)24(12-14-34)38-29(18)22-16-20(30)10-11-23(22)33(28(29)36)17-19-7-5-8-21(15-19)32-13-6-9-25(37-2)27(32)35/h5-11,13,15-16,18,24,26,34H,12,14,17H2,1-4H3/t18-,24+,26-,29+/m0/s1. The maximum absolute atomic E-state index is 15.7. The molecule has 2 aliphatic heterocycles. The first-order chi connectivity index (χ1) is 18.5. The Hall–Kier alpha value is -2.79. The van der Waals surface area contributed by atoms with Gasteiger partial charge in [0.1, 0.15) is 0 Å². The van der Waals surface area contributed by atoms with Crippen LogP contribution >= 0.6 is 15.9 Å². The van der Waals surface area contributed by atoms with E-state index in [0.29, 0.717) is 16.9 Å². The smallest absolute Gasteiger partial charge is 0.297 e. The van der Waals surface area contributed by atoms with Gasteiger partial charge in [-0.25, -0.2) is 0 Å². The molecule has 206 valence electrons. The molecule has 0 bridgehead atoms. The molecule has 1 N–H and O–H groups in total. The SMILES string of the molecule is COc1cccn(-c2cccc(CN3C(=O)[C@]4(O[C@H](CCO)[C@@H]([Si](C)(C)F)[C@@H]4C)c4cc(Br)ccc43)c2)c1=O. The van der Waals surface area contributed by atoms with Crippen molar-refractivity contribution in [2.75, 3.05) is 18.6 Å². The summed E-state index contributed by atoms with van der Waals surface area (Å²) in [5, 5.41) is 9.73. The number of rotatable bonds is 7. The van der Waals surface area contributed by atoms with Gasteiger partial charge in [-0.15, -0.1) is 0 Å². The third-order valence-corrected chi connectivity index (χ3v) is 10.9. The van der Waals surface area contributed by atoms with Gasteiger partial charge >= 0.3 is 0 Å². The van der Waals surface area contributed by atoms with E-state index in [9.17, 15) is 14.7 Å². The van der Waals surface area contributed by atoms with Crippen molar-refractivity contribution in [3.05, 3.63) is 86.7 Å². The van der Waals surface area contributed by atoms with Gasteiger partial charge in [-0.3, -0.25) is 14.2 Å². The van der Waals surface area contributed by atoms with Crippen LogP contribution in [0.3, 0.4) is 0 Å². The molecule has 3 heterocycles. The number of hydrogen-bond donors (Lipinski definition) is 1. The summed E-state index contributed by atoms with van der Waals surface area (Å²) in [6.45, 7) is 5.29. The van der Waals surface area contributed by atoms with Gasteiger partial charge in [0.05, 0.1) is 25.4 Å². The quantitative estimate of drug-likeness (QED) is 0.288. The summed E-state index contributed by atoms with van der Waals surface area (Å²) in [4.78, 5) is 28.9. The first kappa shape index (κ1) is 27.8. The highest BCUT2D eigenvalue weighted by atomic mass is 79.9. The van der Waals surface area contributed by atoms with Crippen molar-refractivity contribution in [1.82, 2.24) is 4.57 Å². The molecule has 0 aliphatic carbocycles. The van der Waals surface area contributed by atoms with Crippen LogP contribution < -0.4 is 15.2 Å². The van der Waals surface area contributed by atoms with Crippen molar-refractivity contribution in [3.8, 4) is 11.4 Å². The van der Waals surface area contributed by atoms with Crippen LogP contribution in [0.2, 0.25) is 18.6 Å². The summed E-state index contributed by atoms with van der Waals surface area (Å²) >= 11 is 3.54. The summed E-state index contributed by atoms with van der Waals surface area (Å²) in [6.07, 6.45) is 1.38. The maximum Gasteiger partial charge on any atom is 0.297 e. The van der Waals surface area contributed by atoms with Gasteiger partial charge in [0.15, 0.2) is 11.4 Å². The largest absolute Gasteiger partial charge is 0.491 e. The zero-order valence-electron chi connectivity index (χ0n) is 22.4. The van der Waals surface area contributed by atoms with Crippen molar-refractivity contribution >= 4 is 35.9 Å². The summed E-state index contributed by atoms with van der Waals surface area (Å²) < 4.78 is 29.7. The molecule has 1 spiro atoms. The Kier molecular flexibility index (Phi) is 7.34. The fourth-order valence-corrected chi connectivity index (χ4v) is 9.30. The highest BCUT2D eigenvalue weighted by molar-refractivity contribution is 9.10. The highest BCUT2D eigenvalue weighted by Crippen LogP contribution is 2.60. The molecule has 5 rings (SSSR count). The summed E-state index contributed by atoms with van der Waals surface area (Å²) in [5.74, 6) is -0.429. The third-order valence-electron chi connectivity index (χ3n) is 8.00. The van der Waals surface area contributed by atoms with Crippen LogP contribution in [0.15, 0.2) is 70.1 Å². The van der Waals surface area contributed by atoms with Crippen molar-refractivity contribution in [3.63, 3.8) is 0 Å². The van der Waals surface area contributed by atoms with Crippen molar-refractivity contribution in [1.29, 1.82) is 0 Å². The minimum atomic E-state index is -3.26. The van der Waals surface area contributed by atoms with E-state index < -0.39 is 31.6 Å². The normalized spacial score (nSPS) is 24.4. The minimum absolute atomic E-state index is 0.145. The summed E-state index contributed by atoms with van der Waals surface area (Å²) in [6, 6.07) is 16.4. The van der Waals surface area contributed by atoms with Gasteiger partial charge < -0.3 is 23.6 Å². The number of hydrogen-bond acceptors (Lipinski definition) is 5. The molecule has 4 atom stereocenters. The van der Waals surface area contributed by atoms with E-state index in [0.717, 1.165) is 10.0 Å². The third kappa shape index (κ3) is 4.57. The Labute approximate surface area is 236 Å². The lowest BCUT2D eigenvalue weighted by atomic mass is 9.82. The van der Waals surface area contributed by atoms with E-state index in [1.165, 1.54) is 11.7 Å². The highest BCUT2D eigenvalue weighted by Gasteiger charge is 2.66. The first-order valence-corrected chi connectivity index (χ1v) is 16.7. The second kappa shape index (κ2) is 10.3. The molecule has 7 nitrogen and oxygen atoms in total. The van der Waals surface area contributed by atoms with Crippen molar-refractivity contribution in [2.24, 2.45) is 5.92 Å². The number of halogens is 2. The first-order valence-electron chi connectivity index (χ1n) is 13.0. The number of benzene rings is 2. The Morgan fingerprint density at radius 2 is 1.92 bits per heavy atom. The van der Waals surface area contributed by atoms with Crippen LogP contribution in [0.1, 0.15) is 24.5 Å². The molecule has 1 saturated heterocycles. The van der Waals surface area contributed by atoms with Crippen LogP contribution in [-0.2, 0) is 21.7 Å². The molecule has 3 aromatic rings. The van der Waals surface area contributed by atoms with Gasteiger partial charge in [-0.05, 0) is 67.5 Å². The number of aromatic nitrogens is 1. The Balaban J connectivity index is 1.56. The van der Waals surface area contributed by atoms with E-state index >= 15 is 4.11 Å². The second-order valence-corrected chi connectivity index (χ2v) is 15.5. The lowest BCUT2D eigenvalue weighted by Gasteiger charge is -2.31. The van der Waals surface area contributed by atoms with Crippen molar-refractivity contribution in [2.45, 2.75) is 50.2 Å². The predicted molar refractivity (Wildman–Crippen MR) is 154 cm³/mol. The average Bonchev–Trinajstić information content (AvgIpc) is 3.31. The van der Waals surface area contributed by atoms with Gasteiger partial charge in [0.25, 0.3) is 11.5 Å². The van der Waals surface area contributed by atoms with Gasteiger partial charge in [0.2, 0.25) is 8.41 Å². The lowest BCUT2D eigenvalue weighted by molar-refractivity contribution is -0.146. The number of carbonyl (C=O) groups is 1.